The van der Waals surface area contributed by atoms with Crippen molar-refractivity contribution < 1.29 is 17.9 Å². The summed E-state index contributed by atoms with van der Waals surface area (Å²) in [4.78, 5) is 12.1. The normalized spacial score (nSPS) is 11.7. The van der Waals surface area contributed by atoms with Crippen LogP contribution in [0.15, 0.2) is 52.5 Å². The number of carbonyl (C=O) groups excluding carboxylic acids is 1. The summed E-state index contributed by atoms with van der Waals surface area (Å²) in [6.45, 7) is 1.36. The van der Waals surface area contributed by atoms with Crippen LogP contribution in [-0.2, 0) is 14.8 Å². The van der Waals surface area contributed by atoms with Crippen molar-refractivity contribution in [2.75, 3.05) is 20.7 Å². The van der Waals surface area contributed by atoms with E-state index in [1.54, 1.807) is 37.3 Å². The monoisotopic (exact) mass is 409 g/mol. The molecule has 0 bridgehead atoms. The lowest BCUT2D eigenvalue weighted by molar-refractivity contribution is -0.121. The number of rotatable bonds is 7. The van der Waals surface area contributed by atoms with Gasteiger partial charge in [-0.3, -0.25) is 4.79 Å². The number of halogens is 1. The number of ether oxygens (including phenoxy) is 1. The first-order valence-electron chi connectivity index (χ1n) is 7.93. The number of hydrogen-bond acceptors (Lipinski definition) is 5. The number of carbonyl (C=O) groups is 1. The molecule has 0 heterocycles. The van der Waals surface area contributed by atoms with Crippen molar-refractivity contribution >= 4 is 33.7 Å². The molecule has 7 nitrogen and oxygen atoms in total. The van der Waals surface area contributed by atoms with E-state index in [4.69, 9.17) is 16.3 Å². The molecule has 0 aliphatic rings. The molecule has 27 heavy (non-hydrogen) atoms. The van der Waals surface area contributed by atoms with Crippen LogP contribution in [-0.4, -0.2) is 45.5 Å². The maximum atomic E-state index is 12.6. The minimum atomic E-state index is -3.82. The minimum Gasteiger partial charge on any atom is -0.496 e. The summed E-state index contributed by atoms with van der Waals surface area (Å²) < 4.78 is 31.3. The summed E-state index contributed by atoms with van der Waals surface area (Å²) in [7, 11) is -0.986. The van der Waals surface area contributed by atoms with Crippen LogP contribution >= 0.6 is 11.6 Å². The summed E-state index contributed by atoms with van der Waals surface area (Å²) in [5.74, 6) is 0.0119. The van der Waals surface area contributed by atoms with Crippen LogP contribution in [0.4, 0.5) is 0 Å². The lowest BCUT2D eigenvalue weighted by atomic mass is 10.2. The van der Waals surface area contributed by atoms with Crippen molar-refractivity contribution in [3.05, 3.63) is 58.6 Å². The lowest BCUT2D eigenvalue weighted by Crippen LogP contribution is -2.36. The number of hydrazone groups is 1. The largest absolute Gasteiger partial charge is 0.496 e. The van der Waals surface area contributed by atoms with E-state index in [9.17, 15) is 13.2 Å². The van der Waals surface area contributed by atoms with Gasteiger partial charge in [0.05, 0.1) is 24.8 Å². The predicted molar refractivity (Wildman–Crippen MR) is 105 cm³/mol. The molecular formula is C18H20ClN3O4S. The van der Waals surface area contributed by atoms with Gasteiger partial charge in [0, 0.05) is 17.6 Å². The Bertz CT molecular complexity index is 961. The molecule has 2 aromatic rings. The number of aryl methyl sites for hydroxylation is 1. The third-order valence-electron chi connectivity index (χ3n) is 3.74. The highest BCUT2D eigenvalue weighted by atomic mass is 35.5. The molecule has 0 aliphatic heterocycles. The van der Waals surface area contributed by atoms with Crippen LogP contribution in [0.3, 0.4) is 0 Å². The van der Waals surface area contributed by atoms with E-state index < -0.39 is 15.9 Å². The van der Waals surface area contributed by atoms with Crippen molar-refractivity contribution in [1.29, 1.82) is 0 Å². The number of hydrogen-bond donors (Lipinski definition) is 1. The molecule has 2 aromatic carbocycles. The molecule has 0 aliphatic carbocycles. The standard InChI is InChI=1S/C18H20ClN3O4S/c1-13-10-15(8-9-17(13)26-3)27(24,25)22(2)12-18(23)21-20-11-14-6-4-5-7-16(14)19/h4-11H,12H2,1-3H3,(H,21,23). The molecule has 144 valence electrons. The zero-order valence-electron chi connectivity index (χ0n) is 15.1. The van der Waals surface area contributed by atoms with Gasteiger partial charge in [-0.05, 0) is 36.8 Å². The second-order valence-electron chi connectivity index (χ2n) is 5.71. The number of likely N-dealkylation sites (N-methyl/N-ethyl adjacent to an activating group) is 1. The first-order valence-corrected chi connectivity index (χ1v) is 9.75. The summed E-state index contributed by atoms with van der Waals surface area (Å²) in [5, 5.41) is 4.29. The van der Waals surface area contributed by atoms with Gasteiger partial charge >= 0.3 is 0 Å². The Morgan fingerprint density at radius 2 is 2.00 bits per heavy atom. The number of amides is 1. The fourth-order valence-electron chi connectivity index (χ4n) is 2.27. The Morgan fingerprint density at radius 3 is 2.63 bits per heavy atom. The number of benzene rings is 2. The zero-order chi connectivity index (χ0) is 20.0. The highest BCUT2D eigenvalue weighted by Gasteiger charge is 2.23. The van der Waals surface area contributed by atoms with Gasteiger partial charge in [0.15, 0.2) is 0 Å². The molecule has 0 atom stereocenters. The first-order chi connectivity index (χ1) is 12.8. The van der Waals surface area contributed by atoms with Crippen LogP contribution < -0.4 is 10.2 Å². The van der Waals surface area contributed by atoms with Crippen molar-refractivity contribution in [3.8, 4) is 5.75 Å². The van der Waals surface area contributed by atoms with E-state index in [1.807, 2.05) is 0 Å². The van der Waals surface area contributed by atoms with E-state index >= 15 is 0 Å². The first kappa shape index (κ1) is 20.9. The number of methoxy groups -OCH3 is 1. The van der Waals surface area contributed by atoms with E-state index in [1.165, 1.54) is 32.5 Å². The lowest BCUT2D eigenvalue weighted by Gasteiger charge is -2.17. The fraction of sp³-hybridized carbons (Fsp3) is 0.222. The smallest absolute Gasteiger partial charge is 0.255 e. The number of nitrogens with one attached hydrogen (secondary N) is 1. The van der Waals surface area contributed by atoms with Gasteiger partial charge in [0.1, 0.15) is 5.75 Å². The third-order valence-corrected chi connectivity index (χ3v) is 5.88. The van der Waals surface area contributed by atoms with Gasteiger partial charge < -0.3 is 4.74 Å². The van der Waals surface area contributed by atoms with Gasteiger partial charge in [0.2, 0.25) is 10.0 Å². The maximum Gasteiger partial charge on any atom is 0.255 e. The van der Waals surface area contributed by atoms with Gasteiger partial charge in [-0.2, -0.15) is 9.41 Å². The highest BCUT2D eigenvalue weighted by Crippen LogP contribution is 2.23. The Labute approximate surface area is 163 Å². The highest BCUT2D eigenvalue weighted by molar-refractivity contribution is 7.89. The van der Waals surface area contributed by atoms with Crippen molar-refractivity contribution in [2.45, 2.75) is 11.8 Å². The number of sulfonamides is 1. The van der Waals surface area contributed by atoms with Crippen LogP contribution in [0.1, 0.15) is 11.1 Å². The van der Waals surface area contributed by atoms with E-state index in [2.05, 4.69) is 10.5 Å². The van der Waals surface area contributed by atoms with Crippen molar-refractivity contribution in [2.24, 2.45) is 5.10 Å². The molecule has 0 spiro atoms. The molecule has 0 saturated carbocycles. The van der Waals surface area contributed by atoms with Crippen LogP contribution in [0.25, 0.3) is 0 Å². The predicted octanol–water partition coefficient (Wildman–Crippen LogP) is 2.43. The average molecular weight is 410 g/mol. The molecule has 1 amide bonds. The minimum absolute atomic E-state index is 0.0793. The topological polar surface area (TPSA) is 88.1 Å². The molecule has 0 saturated heterocycles. The van der Waals surface area contributed by atoms with Crippen LogP contribution in [0.5, 0.6) is 5.75 Å². The van der Waals surface area contributed by atoms with Crippen molar-refractivity contribution in [3.63, 3.8) is 0 Å². The molecule has 0 fully saturated rings. The molecule has 0 unspecified atom stereocenters. The number of nitrogens with zero attached hydrogens (tertiary/aromatic N) is 2. The molecule has 2 rings (SSSR count). The van der Waals surface area contributed by atoms with E-state index in [0.717, 1.165) is 4.31 Å². The van der Waals surface area contributed by atoms with E-state index in [-0.39, 0.29) is 11.4 Å². The van der Waals surface area contributed by atoms with Crippen LogP contribution in [0, 0.1) is 6.92 Å². The van der Waals surface area contributed by atoms with Crippen LogP contribution in [0.2, 0.25) is 5.02 Å². The summed E-state index contributed by atoms with van der Waals surface area (Å²) in [5.41, 5.74) is 3.60. The summed E-state index contributed by atoms with van der Waals surface area (Å²) >= 11 is 5.99. The van der Waals surface area contributed by atoms with Gasteiger partial charge in [-0.1, -0.05) is 29.8 Å². The maximum absolute atomic E-state index is 12.6. The molecular weight excluding hydrogens is 390 g/mol. The van der Waals surface area contributed by atoms with Gasteiger partial charge in [0.25, 0.3) is 5.91 Å². The Balaban J connectivity index is 2.02. The molecule has 0 radical (unpaired) electrons. The van der Waals surface area contributed by atoms with Gasteiger partial charge in [-0.25, -0.2) is 13.8 Å². The second-order valence-corrected chi connectivity index (χ2v) is 8.16. The Hall–Kier alpha value is -2.42. The zero-order valence-corrected chi connectivity index (χ0v) is 16.7. The summed E-state index contributed by atoms with van der Waals surface area (Å²) in [6, 6.07) is 11.5. The molecule has 1 N–H and O–H groups in total. The SMILES string of the molecule is COc1ccc(S(=O)(=O)N(C)CC(=O)NN=Cc2ccccc2Cl)cc1C. The van der Waals surface area contributed by atoms with Gasteiger partial charge in [-0.15, -0.1) is 0 Å². The van der Waals surface area contributed by atoms with E-state index in [0.29, 0.717) is 21.9 Å². The molecule has 9 heteroatoms. The third kappa shape index (κ3) is 5.29. The quantitative estimate of drug-likeness (QED) is 0.562. The van der Waals surface area contributed by atoms with Crippen molar-refractivity contribution in [1.82, 2.24) is 9.73 Å². The Kier molecular flexibility index (Phi) is 6.95. The second kappa shape index (κ2) is 8.98. The summed E-state index contributed by atoms with van der Waals surface area (Å²) in [6.07, 6.45) is 1.39. The fourth-order valence-corrected chi connectivity index (χ4v) is 3.66. The molecule has 0 aromatic heterocycles. The Morgan fingerprint density at radius 1 is 1.30 bits per heavy atom. The average Bonchev–Trinajstić information content (AvgIpc) is 2.63.